The van der Waals surface area contributed by atoms with Gasteiger partial charge in [0.2, 0.25) is 11.8 Å². The molecule has 0 heterocycles. The third kappa shape index (κ3) is 6.01. The second-order valence-corrected chi connectivity index (χ2v) is 6.98. The number of amides is 2. The number of carbonyl (C=O) groups excluding carboxylic acids is 2. The van der Waals surface area contributed by atoms with Crippen molar-refractivity contribution in [2.24, 2.45) is 0 Å². The predicted molar refractivity (Wildman–Crippen MR) is 117 cm³/mol. The number of methoxy groups -OCH3 is 3. The van der Waals surface area contributed by atoms with Gasteiger partial charge in [0.15, 0.2) is 0 Å². The molecule has 8 nitrogen and oxygen atoms in total. The molecular weight excluding hydrogens is 410 g/mol. The summed E-state index contributed by atoms with van der Waals surface area (Å²) in [6.07, 6.45) is 0. The standard InChI is InChI=1S/C21H26ClN3O5/c1-13(21(27)24-17-11-15(28-3)7-9-19(17)30-5)25(2)12-20(26)23-16-10-14(22)6-8-18(16)29-4/h6-11,13H,12H2,1-5H3,(H,23,26)(H,24,27). The Balaban J connectivity index is 2.01. The van der Waals surface area contributed by atoms with Crippen LogP contribution in [0, 0.1) is 0 Å². The van der Waals surface area contributed by atoms with Gasteiger partial charge in [-0.15, -0.1) is 0 Å². The molecule has 2 rings (SSSR count). The lowest BCUT2D eigenvalue weighted by atomic mass is 10.2. The molecule has 0 aliphatic rings. The summed E-state index contributed by atoms with van der Waals surface area (Å²) in [5.74, 6) is 0.979. The first-order valence-electron chi connectivity index (χ1n) is 9.15. The van der Waals surface area contributed by atoms with Gasteiger partial charge in [-0.05, 0) is 44.3 Å². The number of anilines is 2. The molecule has 0 aromatic heterocycles. The van der Waals surface area contributed by atoms with E-state index < -0.39 is 6.04 Å². The average molecular weight is 436 g/mol. The van der Waals surface area contributed by atoms with Crippen molar-refractivity contribution in [1.29, 1.82) is 0 Å². The van der Waals surface area contributed by atoms with Crippen molar-refractivity contribution in [3.05, 3.63) is 41.4 Å². The molecular formula is C21H26ClN3O5. The molecule has 0 saturated carbocycles. The van der Waals surface area contributed by atoms with Crippen LogP contribution >= 0.6 is 11.6 Å². The van der Waals surface area contributed by atoms with E-state index in [9.17, 15) is 9.59 Å². The van der Waals surface area contributed by atoms with Gasteiger partial charge in [-0.1, -0.05) is 11.6 Å². The van der Waals surface area contributed by atoms with Gasteiger partial charge in [0.05, 0.1) is 45.3 Å². The maximum atomic E-state index is 12.7. The summed E-state index contributed by atoms with van der Waals surface area (Å²) in [6.45, 7) is 1.69. The van der Waals surface area contributed by atoms with Crippen LogP contribution in [-0.4, -0.2) is 57.7 Å². The monoisotopic (exact) mass is 435 g/mol. The molecule has 2 N–H and O–H groups in total. The summed E-state index contributed by atoms with van der Waals surface area (Å²) < 4.78 is 15.7. The summed E-state index contributed by atoms with van der Waals surface area (Å²) in [5.41, 5.74) is 0.942. The summed E-state index contributed by atoms with van der Waals surface area (Å²) in [7, 11) is 6.24. The highest BCUT2D eigenvalue weighted by Crippen LogP contribution is 2.29. The van der Waals surface area contributed by atoms with Gasteiger partial charge in [0.1, 0.15) is 17.2 Å². The molecule has 30 heavy (non-hydrogen) atoms. The van der Waals surface area contributed by atoms with Crippen LogP contribution in [0.25, 0.3) is 0 Å². The van der Waals surface area contributed by atoms with Crippen molar-refractivity contribution in [2.75, 3.05) is 45.6 Å². The number of nitrogens with one attached hydrogen (secondary N) is 2. The second-order valence-electron chi connectivity index (χ2n) is 6.54. The first kappa shape index (κ1) is 23.3. The molecule has 9 heteroatoms. The van der Waals surface area contributed by atoms with E-state index in [1.165, 1.54) is 21.3 Å². The first-order valence-corrected chi connectivity index (χ1v) is 9.53. The maximum Gasteiger partial charge on any atom is 0.241 e. The fourth-order valence-corrected chi connectivity index (χ4v) is 2.85. The highest BCUT2D eigenvalue weighted by atomic mass is 35.5. The van der Waals surface area contributed by atoms with E-state index in [2.05, 4.69) is 10.6 Å². The highest BCUT2D eigenvalue weighted by molar-refractivity contribution is 6.31. The zero-order valence-electron chi connectivity index (χ0n) is 17.6. The number of likely N-dealkylation sites (N-methyl/N-ethyl adjacent to an activating group) is 1. The van der Waals surface area contributed by atoms with Gasteiger partial charge in [-0.25, -0.2) is 0 Å². The van der Waals surface area contributed by atoms with Crippen LogP contribution in [0.5, 0.6) is 17.2 Å². The third-order valence-electron chi connectivity index (χ3n) is 4.53. The van der Waals surface area contributed by atoms with Crippen molar-refractivity contribution >= 4 is 34.8 Å². The molecule has 0 saturated heterocycles. The van der Waals surface area contributed by atoms with E-state index >= 15 is 0 Å². The minimum Gasteiger partial charge on any atom is -0.497 e. The Morgan fingerprint density at radius 2 is 1.57 bits per heavy atom. The molecule has 0 bridgehead atoms. The number of hydrogen-bond donors (Lipinski definition) is 2. The fourth-order valence-electron chi connectivity index (χ4n) is 2.68. The van der Waals surface area contributed by atoms with Crippen LogP contribution in [-0.2, 0) is 9.59 Å². The highest BCUT2D eigenvalue weighted by Gasteiger charge is 2.22. The first-order chi connectivity index (χ1) is 14.3. The Hall–Kier alpha value is -2.97. The van der Waals surface area contributed by atoms with Gasteiger partial charge >= 0.3 is 0 Å². The van der Waals surface area contributed by atoms with Gasteiger partial charge < -0.3 is 24.8 Å². The second kappa shape index (κ2) is 10.7. The van der Waals surface area contributed by atoms with Crippen molar-refractivity contribution in [2.45, 2.75) is 13.0 Å². The Bertz CT molecular complexity index is 906. The van der Waals surface area contributed by atoms with Crippen LogP contribution in [0.1, 0.15) is 6.92 Å². The molecule has 0 aliphatic heterocycles. The zero-order chi connectivity index (χ0) is 22.3. The van der Waals surface area contributed by atoms with Gasteiger partial charge in [0, 0.05) is 11.1 Å². The number of halogens is 1. The van der Waals surface area contributed by atoms with Crippen LogP contribution in [0.2, 0.25) is 5.02 Å². The SMILES string of the molecule is COc1ccc(OC)c(NC(=O)C(C)N(C)CC(=O)Nc2cc(Cl)ccc2OC)c1. The Morgan fingerprint density at radius 1 is 0.967 bits per heavy atom. The Morgan fingerprint density at radius 3 is 2.17 bits per heavy atom. The maximum absolute atomic E-state index is 12.7. The van der Waals surface area contributed by atoms with Crippen molar-refractivity contribution in [1.82, 2.24) is 4.90 Å². The van der Waals surface area contributed by atoms with E-state index in [0.717, 1.165) is 0 Å². The number of nitrogens with zero attached hydrogens (tertiary/aromatic N) is 1. The third-order valence-corrected chi connectivity index (χ3v) is 4.77. The molecule has 0 radical (unpaired) electrons. The van der Waals surface area contributed by atoms with Crippen LogP contribution in [0.15, 0.2) is 36.4 Å². The normalized spacial score (nSPS) is 11.6. The Kier molecular flexibility index (Phi) is 8.32. The van der Waals surface area contributed by atoms with E-state index in [0.29, 0.717) is 33.6 Å². The zero-order valence-corrected chi connectivity index (χ0v) is 18.4. The van der Waals surface area contributed by atoms with Gasteiger partial charge in [0.25, 0.3) is 0 Å². The number of rotatable bonds is 9. The Labute approximate surface area is 181 Å². The van der Waals surface area contributed by atoms with Crippen molar-refractivity contribution < 1.29 is 23.8 Å². The molecule has 2 aromatic carbocycles. The summed E-state index contributed by atoms with van der Waals surface area (Å²) in [6, 6.07) is 9.45. The molecule has 0 aliphatic carbocycles. The lowest BCUT2D eigenvalue weighted by Gasteiger charge is -2.24. The number of hydrogen-bond acceptors (Lipinski definition) is 6. The topological polar surface area (TPSA) is 89.1 Å². The van der Waals surface area contributed by atoms with Gasteiger partial charge in [-0.2, -0.15) is 0 Å². The smallest absolute Gasteiger partial charge is 0.241 e. The summed E-state index contributed by atoms with van der Waals surface area (Å²) in [5, 5.41) is 6.03. The average Bonchev–Trinajstić information content (AvgIpc) is 2.73. The molecule has 1 atom stereocenters. The van der Waals surface area contributed by atoms with Crippen LogP contribution in [0.4, 0.5) is 11.4 Å². The lowest BCUT2D eigenvalue weighted by Crippen LogP contribution is -2.43. The molecule has 1 unspecified atom stereocenters. The van der Waals surface area contributed by atoms with Crippen molar-refractivity contribution in [3.63, 3.8) is 0 Å². The molecule has 2 aromatic rings. The lowest BCUT2D eigenvalue weighted by molar-refractivity contribution is -0.122. The van der Waals surface area contributed by atoms with Crippen LogP contribution < -0.4 is 24.8 Å². The van der Waals surface area contributed by atoms with Crippen LogP contribution in [0.3, 0.4) is 0 Å². The van der Waals surface area contributed by atoms with E-state index in [4.69, 9.17) is 25.8 Å². The number of carbonyl (C=O) groups is 2. The molecule has 0 fully saturated rings. The number of ether oxygens (including phenoxy) is 3. The largest absolute Gasteiger partial charge is 0.497 e. The quantitative estimate of drug-likeness (QED) is 0.628. The fraction of sp³-hybridized carbons (Fsp3) is 0.333. The predicted octanol–water partition coefficient (Wildman–Crippen LogP) is 3.26. The van der Waals surface area contributed by atoms with E-state index in [1.54, 1.807) is 55.3 Å². The summed E-state index contributed by atoms with van der Waals surface area (Å²) >= 11 is 5.99. The minimum absolute atomic E-state index is 0.0144. The molecule has 2 amide bonds. The van der Waals surface area contributed by atoms with Gasteiger partial charge in [-0.3, -0.25) is 14.5 Å². The van der Waals surface area contributed by atoms with Crippen molar-refractivity contribution in [3.8, 4) is 17.2 Å². The van der Waals surface area contributed by atoms with E-state index in [1.807, 2.05) is 0 Å². The number of benzene rings is 2. The minimum atomic E-state index is -0.590. The summed E-state index contributed by atoms with van der Waals surface area (Å²) in [4.78, 5) is 26.8. The molecule has 162 valence electrons. The van der Waals surface area contributed by atoms with E-state index in [-0.39, 0.29) is 18.4 Å². The molecule has 0 spiro atoms.